The van der Waals surface area contributed by atoms with Crippen LogP contribution in [0.5, 0.6) is 0 Å². The lowest BCUT2D eigenvalue weighted by Gasteiger charge is -2.18. The number of benzene rings is 1. The number of rotatable bonds is 2. The molecule has 0 aliphatic carbocycles. The molecule has 108 valence electrons. The molecule has 19 heavy (non-hydrogen) atoms. The molecule has 1 atom stereocenters. The number of alkyl halides is 6. The van der Waals surface area contributed by atoms with Crippen molar-refractivity contribution < 1.29 is 26.3 Å². The van der Waals surface area contributed by atoms with Gasteiger partial charge in [-0.05, 0) is 17.7 Å². The zero-order chi connectivity index (χ0) is 14.1. The molecule has 0 amide bonds. The summed E-state index contributed by atoms with van der Waals surface area (Å²) in [5.74, 6) is 0. The fourth-order valence-electron chi connectivity index (χ4n) is 1.40. The number of nitrogens with two attached hydrogens (primary N) is 1. The first-order chi connectivity index (χ1) is 8.07. The molecule has 1 aromatic rings. The molecule has 0 aliphatic rings. The fourth-order valence-corrected chi connectivity index (χ4v) is 1.40. The molecule has 2 N–H and O–H groups in total. The van der Waals surface area contributed by atoms with E-state index in [1.54, 1.807) is 0 Å². The third kappa shape index (κ3) is 4.14. The van der Waals surface area contributed by atoms with Gasteiger partial charge in [-0.3, -0.25) is 0 Å². The van der Waals surface area contributed by atoms with Gasteiger partial charge in [-0.1, -0.05) is 12.1 Å². The maximum absolute atomic E-state index is 12.7. The third-order valence-corrected chi connectivity index (χ3v) is 2.30. The van der Waals surface area contributed by atoms with Crippen LogP contribution in [-0.4, -0.2) is 0 Å². The summed E-state index contributed by atoms with van der Waals surface area (Å²) in [5, 5.41) is 0. The predicted octanol–water partition coefficient (Wildman–Crippen LogP) is 4.33. The van der Waals surface area contributed by atoms with Crippen LogP contribution in [-0.2, 0) is 12.4 Å². The minimum Gasteiger partial charge on any atom is -0.321 e. The number of hydrogen-bond acceptors (Lipinski definition) is 1. The molecular weight excluding hydrogens is 296 g/mol. The van der Waals surface area contributed by atoms with Gasteiger partial charge >= 0.3 is 12.4 Å². The minimum atomic E-state index is -4.91. The van der Waals surface area contributed by atoms with E-state index >= 15 is 0 Å². The predicted molar refractivity (Wildman–Crippen MR) is 60.8 cm³/mol. The van der Waals surface area contributed by atoms with Crippen molar-refractivity contribution in [3.05, 3.63) is 47.5 Å². The van der Waals surface area contributed by atoms with Crippen LogP contribution in [0, 0.1) is 0 Å². The zero-order valence-corrected chi connectivity index (χ0v) is 10.2. The first kappa shape index (κ1) is 17.8. The normalized spacial score (nSPS) is 13.6. The second-order valence-corrected chi connectivity index (χ2v) is 3.56. The van der Waals surface area contributed by atoms with Gasteiger partial charge in [-0.25, -0.2) is 0 Å². The van der Waals surface area contributed by atoms with Gasteiger partial charge < -0.3 is 5.73 Å². The van der Waals surface area contributed by atoms with Gasteiger partial charge in [0.25, 0.3) is 0 Å². The van der Waals surface area contributed by atoms with Crippen LogP contribution < -0.4 is 5.73 Å². The molecule has 0 bridgehead atoms. The maximum Gasteiger partial charge on any atom is 0.416 e. The van der Waals surface area contributed by atoms with Crippen molar-refractivity contribution in [1.29, 1.82) is 0 Å². The van der Waals surface area contributed by atoms with Gasteiger partial charge in [0.05, 0.1) is 11.1 Å². The zero-order valence-electron chi connectivity index (χ0n) is 9.35. The molecule has 8 heteroatoms. The lowest BCUT2D eigenvalue weighted by Crippen LogP contribution is -2.18. The molecular formula is C11H10ClF6N. The Bertz CT molecular complexity index is 451. The molecule has 0 aromatic heterocycles. The monoisotopic (exact) mass is 305 g/mol. The molecule has 1 nitrogen and oxygen atoms in total. The average molecular weight is 306 g/mol. The van der Waals surface area contributed by atoms with E-state index in [4.69, 9.17) is 5.73 Å². The summed E-state index contributed by atoms with van der Waals surface area (Å²) in [7, 11) is 0. The van der Waals surface area contributed by atoms with Gasteiger partial charge in [-0.15, -0.1) is 19.0 Å². The summed E-state index contributed by atoms with van der Waals surface area (Å²) in [6.45, 7) is 3.22. The molecule has 0 aliphatic heterocycles. The highest BCUT2D eigenvalue weighted by molar-refractivity contribution is 5.85. The second kappa shape index (κ2) is 5.83. The summed E-state index contributed by atoms with van der Waals surface area (Å²) in [6, 6.07) is 0.161. The topological polar surface area (TPSA) is 26.0 Å². The quantitative estimate of drug-likeness (QED) is 0.638. The summed E-state index contributed by atoms with van der Waals surface area (Å²) in [5.41, 5.74) is 2.15. The lowest BCUT2D eigenvalue weighted by molar-refractivity contribution is -0.143. The van der Waals surface area contributed by atoms with E-state index in [0.717, 1.165) is 12.1 Å². The van der Waals surface area contributed by atoms with Crippen LogP contribution in [0.3, 0.4) is 0 Å². The van der Waals surface area contributed by atoms with Crippen molar-refractivity contribution >= 4 is 12.4 Å². The van der Waals surface area contributed by atoms with Crippen molar-refractivity contribution in [2.24, 2.45) is 5.73 Å². The van der Waals surface area contributed by atoms with Gasteiger partial charge in [0.15, 0.2) is 0 Å². The summed E-state index contributed by atoms with van der Waals surface area (Å²) in [6.07, 6.45) is -8.72. The molecule has 0 unspecified atom stereocenters. The molecule has 0 heterocycles. The van der Waals surface area contributed by atoms with Gasteiger partial charge in [-0.2, -0.15) is 26.3 Å². The van der Waals surface area contributed by atoms with Crippen LogP contribution in [0.25, 0.3) is 0 Å². The number of hydrogen-bond donors (Lipinski definition) is 1. The minimum absolute atomic E-state index is 0. The second-order valence-electron chi connectivity index (χ2n) is 3.56. The van der Waals surface area contributed by atoms with Crippen molar-refractivity contribution in [2.75, 3.05) is 0 Å². The SMILES string of the molecule is C=C[C@H](N)c1ccc(C(F)(F)F)cc1C(F)(F)F.Cl. The van der Waals surface area contributed by atoms with E-state index in [1.807, 2.05) is 0 Å². The van der Waals surface area contributed by atoms with Gasteiger partial charge in [0.2, 0.25) is 0 Å². The van der Waals surface area contributed by atoms with Crippen LogP contribution in [0.15, 0.2) is 30.9 Å². The van der Waals surface area contributed by atoms with Crippen molar-refractivity contribution in [1.82, 2.24) is 0 Å². The van der Waals surface area contributed by atoms with E-state index in [9.17, 15) is 26.3 Å². The Balaban J connectivity index is 0.00000324. The van der Waals surface area contributed by atoms with E-state index < -0.39 is 35.1 Å². The maximum atomic E-state index is 12.7. The van der Waals surface area contributed by atoms with E-state index in [2.05, 4.69) is 6.58 Å². The molecule has 0 saturated heterocycles. The standard InChI is InChI=1S/C11H9F6N.ClH/c1-2-9(18)7-4-3-6(10(12,13)14)5-8(7)11(15,16)17;/h2-5,9H,1,18H2;1H/t9-;/m0./s1. The highest BCUT2D eigenvalue weighted by atomic mass is 35.5. The van der Waals surface area contributed by atoms with Crippen LogP contribution in [0.2, 0.25) is 0 Å². The Morgan fingerprint density at radius 1 is 1.05 bits per heavy atom. The Morgan fingerprint density at radius 3 is 1.95 bits per heavy atom. The molecule has 0 spiro atoms. The highest BCUT2D eigenvalue weighted by Crippen LogP contribution is 2.38. The fraction of sp³-hybridized carbons (Fsp3) is 0.273. The van der Waals surface area contributed by atoms with Gasteiger partial charge in [0.1, 0.15) is 0 Å². The lowest BCUT2D eigenvalue weighted by atomic mass is 9.97. The molecule has 0 radical (unpaired) electrons. The van der Waals surface area contributed by atoms with Crippen molar-refractivity contribution in [2.45, 2.75) is 18.4 Å². The molecule has 1 aromatic carbocycles. The third-order valence-electron chi connectivity index (χ3n) is 2.30. The molecule has 1 rings (SSSR count). The Morgan fingerprint density at radius 2 is 1.58 bits per heavy atom. The van der Waals surface area contributed by atoms with E-state index in [0.29, 0.717) is 6.07 Å². The van der Waals surface area contributed by atoms with Crippen LogP contribution in [0.1, 0.15) is 22.7 Å². The largest absolute Gasteiger partial charge is 0.416 e. The Hall–Kier alpha value is -1.21. The van der Waals surface area contributed by atoms with E-state index in [1.165, 1.54) is 0 Å². The van der Waals surface area contributed by atoms with Crippen molar-refractivity contribution in [3.63, 3.8) is 0 Å². The smallest absolute Gasteiger partial charge is 0.321 e. The highest BCUT2D eigenvalue weighted by Gasteiger charge is 2.38. The first-order valence-electron chi connectivity index (χ1n) is 4.74. The molecule has 0 saturated carbocycles. The Kier molecular flexibility index (Phi) is 5.46. The summed E-state index contributed by atoms with van der Waals surface area (Å²) in [4.78, 5) is 0. The first-order valence-corrected chi connectivity index (χ1v) is 4.74. The Labute approximate surface area is 111 Å². The summed E-state index contributed by atoms with van der Waals surface area (Å²) >= 11 is 0. The number of halogens is 7. The molecule has 0 fully saturated rings. The van der Waals surface area contributed by atoms with Crippen LogP contribution in [0.4, 0.5) is 26.3 Å². The van der Waals surface area contributed by atoms with Crippen molar-refractivity contribution in [3.8, 4) is 0 Å². The summed E-state index contributed by atoms with van der Waals surface area (Å²) < 4.78 is 75.0. The average Bonchev–Trinajstić information content (AvgIpc) is 2.24. The van der Waals surface area contributed by atoms with Crippen LogP contribution >= 0.6 is 12.4 Å². The van der Waals surface area contributed by atoms with E-state index in [-0.39, 0.29) is 18.5 Å². The van der Waals surface area contributed by atoms with Gasteiger partial charge in [0, 0.05) is 6.04 Å².